The number of fused-ring (bicyclic) bond motifs is 6. The van der Waals surface area contributed by atoms with Crippen molar-refractivity contribution in [3.63, 3.8) is 0 Å². The molecule has 268 valence electrons. The molecule has 9 aromatic carbocycles. The fourth-order valence-electron chi connectivity index (χ4n) is 9.14. The van der Waals surface area contributed by atoms with E-state index in [0.29, 0.717) is 5.82 Å². The monoisotopic (exact) mass is 726 g/mol. The lowest BCUT2D eigenvalue weighted by Gasteiger charge is -2.22. The maximum absolute atomic E-state index is 5.26. The Kier molecular flexibility index (Phi) is 7.55. The highest BCUT2D eigenvalue weighted by atomic mass is 14.9. The second-order valence-corrected chi connectivity index (χ2v) is 15.8. The average Bonchev–Trinajstić information content (AvgIpc) is 3.50. The molecule has 1 aliphatic carbocycles. The average molecular weight is 727 g/mol. The van der Waals surface area contributed by atoms with Gasteiger partial charge in [-0.25, -0.2) is 9.97 Å². The molecule has 0 bridgehead atoms. The van der Waals surface area contributed by atoms with Crippen molar-refractivity contribution in [2.24, 2.45) is 0 Å². The second-order valence-electron chi connectivity index (χ2n) is 15.8. The van der Waals surface area contributed by atoms with Crippen LogP contribution in [0.3, 0.4) is 0 Å². The van der Waals surface area contributed by atoms with Gasteiger partial charge in [-0.05, 0) is 101 Å². The molecule has 2 heteroatoms. The van der Waals surface area contributed by atoms with Gasteiger partial charge in [0.25, 0.3) is 0 Å². The van der Waals surface area contributed by atoms with Gasteiger partial charge in [0.15, 0.2) is 5.82 Å². The Hall–Kier alpha value is -7.16. The van der Waals surface area contributed by atoms with E-state index in [1.54, 1.807) is 0 Å². The van der Waals surface area contributed by atoms with Crippen LogP contribution in [0, 0.1) is 0 Å². The summed E-state index contributed by atoms with van der Waals surface area (Å²) in [5.41, 5.74) is 15.2. The van der Waals surface area contributed by atoms with Crippen molar-refractivity contribution in [3.8, 4) is 67.3 Å². The lowest BCUT2D eigenvalue weighted by atomic mass is 9.81. The van der Waals surface area contributed by atoms with E-state index in [4.69, 9.17) is 9.97 Å². The van der Waals surface area contributed by atoms with Gasteiger partial charge in [0.1, 0.15) is 0 Å². The van der Waals surface area contributed by atoms with E-state index < -0.39 is 0 Å². The van der Waals surface area contributed by atoms with Crippen LogP contribution in [0.1, 0.15) is 25.0 Å². The number of aromatic nitrogens is 2. The van der Waals surface area contributed by atoms with Crippen molar-refractivity contribution in [2.45, 2.75) is 19.3 Å². The van der Waals surface area contributed by atoms with Gasteiger partial charge in [0, 0.05) is 22.1 Å². The van der Waals surface area contributed by atoms with E-state index >= 15 is 0 Å². The number of nitrogens with zero attached hydrogens (tertiary/aromatic N) is 2. The van der Waals surface area contributed by atoms with Gasteiger partial charge < -0.3 is 0 Å². The fraction of sp³-hybridized carbons (Fsp3) is 0.0545. The molecule has 57 heavy (non-hydrogen) atoms. The summed E-state index contributed by atoms with van der Waals surface area (Å²) in [5.74, 6) is 0.706. The predicted octanol–water partition coefficient (Wildman–Crippen LogP) is 14.6. The smallest absolute Gasteiger partial charge is 0.160 e. The summed E-state index contributed by atoms with van der Waals surface area (Å²) in [5, 5.41) is 7.30. The Bertz CT molecular complexity index is 3100. The van der Waals surface area contributed by atoms with Crippen molar-refractivity contribution >= 4 is 32.3 Å². The minimum Gasteiger partial charge on any atom is -0.228 e. The molecule has 0 aliphatic heterocycles. The molecular formula is C55H38N2. The van der Waals surface area contributed by atoms with Gasteiger partial charge in [-0.3, -0.25) is 0 Å². The van der Waals surface area contributed by atoms with Crippen molar-refractivity contribution < 1.29 is 0 Å². The maximum Gasteiger partial charge on any atom is 0.160 e. The third-order valence-corrected chi connectivity index (χ3v) is 12.1. The first-order valence-corrected chi connectivity index (χ1v) is 19.7. The molecule has 2 nitrogen and oxygen atoms in total. The van der Waals surface area contributed by atoms with Crippen LogP contribution in [0.15, 0.2) is 194 Å². The van der Waals surface area contributed by atoms with Crippen LogP contribution in [0.2, 0.25) is 0 Å². The molecule has 0 radical (unpaired) electrons. The molecule has 10 aromatic rings. The normalized spacial score (nSPS) is 12.9. The van der Waals surface area contributed by atoms with Crippen LogP contribution >= 0.6 is 0 Å². The standard InChI is InChI=1S/C55H38N2/c1-55(2)49-26-12-23-45(53(49)48-32-40-15-3-4-16-41(40)33-50(48)55)42-20-9-19-39(31-42)35-27-29-38(30-28-35)54-56-51(46-24-10-17-36-13-5-7-21-43(36)46)34-52(57-54)47-25-11-18-37-14-6-8-22-44(37)47/h3-34H,1-2H3. The highest BCUT2D eigenvalue weighted by Crippen LogP contribution is 2.53. The van der Waals surface area contributed by atoms with Crippen molar-refractivity contribution in [1.29, 1.82) is 0 Å². The molecule has 1 heterocycles. The second kappa shape index (κ2) is 13.0. The van der Waals surface area contributed by atoms with Gasteiger partial charge >= 0.3 is 0 Å². The molecule has 0 unspecified atom stereocenters. The van der Waals surface area contributed by atoms with E-state index in [1.165, 1.54) is 71.3 Å². The van der Waals surface area contributed by atoms with Gasteiger partial charge in [-0.1, -0.05) is 184 Å². The molecule has 1 aliphatic rings. The SMILES string of the molecule is CC1(C)c2cc3ccccc3cc2-c2c(-c3cccc(-c4ccc(-c5nc(-c6cccc7ccccc67)cc(-c6cccc7ccccc67)n5)cc4)c3)cccc21. The van der Waals surface area contributed by atoms with Gasteiger partial charge in [-0.2, -0.15) is 0 Å². The summed E-state index contributed by atoms with van der Waals surface area (Å²) in [6, 6.07) is 70.2. The third kappa shape index (κ3) is 5.48. The van der Waals surface area contributed by atoms with Crippen LogP contribution in [0.25, 0.3) is 99.6 Å². The lowest BCUT2D eigenvalue weighted by molar-refractivity contribution is 0.661. The molecule has 11 rings (SSSR count). The number of rotatable bonds is 5. The number of hydrogen-bond donors (Lipinski definition) is 0. The van der Waals surface area contributed by atoms with Crippen LogP contribution in [0.5, 0.6) is 0 Å². The predicted molar refractivity (Wildman–Crippen MR) is 239 cm³/mol. The zero-order chi connectivity index (χ0) is 38.1. The van der Waals surface area contributed by atoms with Crippen molar-refractivity contribution in [1.82, 2.24) is 9.97 Å². The molecule has 0 amide bonds. The Balaban J connectivity index is 1.01. The zero-order valence-electron chi connectivity index (χ0n) is 31.9. The molecule has 0 N–H and O–H groups in total. The van der Waals surface area contributed by atoms with Gasteiger partial charge in [0.05, 0.1) is 11.4 Å². The molecule has 0 saturated carbocycles. The fourth-order valence-corrected chi connectivity index (χ4v) is 9.14. The van der Waals surface area contributed by atoms with Crippen LogP contribution in [0.4, 0.5) is 0 Å². The van der Waals surface area contributed by atoms with Crippen LogP contribution in [-0.2, 0) is 5.41 Å². The minimum atomic E-state index is -0.0847. The summed E-state index contributed by atoms with van der Waals surface area (Å²) in [7, 11) is 0. The number of hydrogen-bond acceptors (Lipinski definition) is 2. The largest absolute Gasteiger partial charge is 0.228 e. The zero-order valence-corrected chi connectivity index (χ0v) is 31.9. The minimum absolute atomic E-state index is 0.0847. The molecular weight excluding hydrogens is 689 g/mol. The first kappa shape index (κ1) is 33.2. The quantitative estimate of drug-likeness (QED) is 0.176. The molecule has 0 atom stereocenters. The first-order valence-electron chi connectivity index (χ1n) is 19.7. The van der Waals surface area contributed by atoms with Gasteiger partial charge in [-0.15, -0.1) is 0 Å². The van der Waals surface area contributed by atoms with Crippen molar-refractivity contribution in [3.05, 3.63) is 205 Å². The third-order valence-electron chi connectivity index (χ3n) is 12.1. The maximum atomic E-state index is 5.26. The van der Waals surface area contributed by atoms with Crippen molar-refractivity contribution in [2.75, 3.05) is 0 Å². The van der Waals surface area contributed by atoms with Gasteiger partial charge in [0.2, 0.25) is 0 Å². The Morgan fingerprint density at radius 3 is 1.51 bits per heavy atom. The molecule has 1 aromatic heterocycles. The Labute approximate surface area is 332 Å². The summed E-state index contributed by atoms with van der Waals surface area (Å²) in [6.45, 7) is 4.72. The van der Waals surface area contributed by atoms with E-state index in [-0.39, 0.29) is 5.41 Å². The Morgan fingerprint density at radius 2 is 0.842 bits per heavy atom. The van der Waals surface area contributed by atoms with Crippen LogP contribution in [-0.4, -0.2) is 9.97 Å². The molecule has 0 saturated heterocycles. The highest BCUT2D eigenvalue weighted by Gasteiger charge is 2.37. The summed E-state index contributed by atoms with van der Waals surface area (Å²) >= 11 is 0. The lowest BCUT2D eigenvalue weighted by Crippen LogP contribution is -2.14. The molecule has 0 spiro atoms. The first-order chi connectivity index (χ1) is 28.0. The van der Waals surface area contributed by atoms with E-state index in [2.05, 4.69) is 208 Å². The summed E-state index contributed by atoms with van der Waals surface area (Å²) in [4.78, 5) is 10.5. The Morgan fingerprint density at radius 1 is 0.333 bits per heavy atom. The summed E-state index contributed by atoms with van der Waals surface area (Å²) in [6.07, 6.45) is 0. The molecule has 0 fully saturated rings. The summed E-state index contributed by atoms with van der Waals surface area (Å²) < 4.78 is 0. The van der Waals surface area contributed by atoms with Crippen LogP contribution < -0.4 is 0 Å². The van der Waals surface area contributed by atoms with E-state index in [9.17, 15) is 0 Å². The topological polar surface area (TPSA) is 25.8 Å². The highest BCUT2D eigenvalue weighted by molar-refractivity contribution is 6.01. The van der Waals surface area contributed by atoms with E-state index in [1.807, 2.05) is 0 Å². The van der Waals surface area contributed by atoms with E-state index in [0.717, 1.165) is 33.6 Å². The number of benzene rings is 9.